The molecular formula is C20H32O4. The number of carboxylic acid groups (broad SMARTS) is 1. The van der Waals surface area contributed by atoms with Crippen LogP contribution in [-0.2, 0) is 4.79 Å². The van der Waals surface area contributed by atoms with Crippen molar-refractivity contribution < 1.29 is 20.1 Å². The Labute approximate surface area is 144 Å². The third-order valence-electron chi connectivity index (χ3n) is 8.69. The fourth-order valence-electron chi connectivity index (χ4n) is 7.48. The van der Waals surface area contributed by atoms with Gasteiger partial charge in [-0.3, -0.25) is 4.79 Å². The van der Waals surface area contributed by atoms with Crippen LogP contribution < -0.4 is 0 Å². The van der Waals surface area contributed by atoms with E-state index in [1.165, 1.54) is 12.8 Å². The molecular weight excluding hydrogens is 304 g/mol. The number of aliphatic carboxylic acids is 1. The first-order valence-corrected chi connectivity index (χ1v) is 9.96. The molecule has 0 saturated heterocycles. The molecule has 4 aliphatic carbocycles. The van der Waals surface area contributed by atoms with Crippen LogP contribution in [0.2, 0.25) is 0 Å². The Morgan fingerprint density at radius 1 is 1.00 bits per heavy atom. The highest BCUT2D eigenvalue weighted by Gasteiger charge is 2.63. The molecule has 0 spiro atoms. The standard InChI is InChI=1S/C20H32O4/c1-19-8-6-15-14-5-3-13(21)10-12(14)2-4-16(15)17(19)7-9-20(19,24)11-18(22)23/h12-17,21,24H,2-11H2,1H3,(H,22,23)/t12-,13+,14-,15+,16+,17-,19-,20+/m0/s1. The Balaban J connectivity index is 1.56. The summed E-state index contributed by atoms with van der Waals surface area (Å²) >= 11 is 0. The van der Waals surface area contributed by atoms with Crippen molar-refractivity contribution in [1.29, 1.82) is 0 Å². The van der Waals surface area contributed by atoms with E-state index in [0.717, 1.165) is 50.4 Å². The van der Waals surface area contributed by atoms with Crippen LogP contribution in [0.3, 0.4) is 0 Å². The molecule has 4 fully saturated rings. The van der Waals surface area contributed by atoms with Crippen molar-refractivity contribution in [3.05, 3.63) is 0 Å². The maximum atomic E-state index is 11.3. The summed E-state index contributed by atoms with van der Waals surface area (Å²) in [5, 5.41) is 30.4. The molecule has 0 aromatic heterocycles. The van der Waals surface area contributed by atoms with Gasteiger partial charge in [0.1, 0.15) is 0 Å². The molecule has 0 aromatic carbocycles. The van der Waals surface area contributed by atoms with Gasteiger partial charge in [-0.1, -0.05) is 6.92 Å². The minimum absolute atomic E-state index is 0.0937. The lowest BCUT2D eigenvalue weighted by molar-refractivity contribution is -0.159. The topological polar surface area (TPSA) is 77.8 Å². The summed E-state index contributed by atoms with van der Waals surface area (Å²) in [6.45, 7) is 2.17. The van der Waals surface area contributed by atoms with E-state index >= 15 is 0 Å². The van der Waals surface area contributed by atoms with Gasteiger partial charge in [-0.25, -0.2) is 0 Å². The average Bonchev–Trinajstić information content (AvgIpc) is 2.77. The summed E-state index contributed by atoms with van der Waals surface area (Å²) < 4.78 is 0. The number of rotatable bonds is 2. The Kier molecular flexibility index (Phi) is 4.00. The van der Waals surface area contributed by atoms with E-state index in [1.807, 2.05) is 0 Å². The van der Waals surface area contributed by atoms with Crippen LogP contribution in [0.5, 0.6) is 0 Å². The van der Waals surface area contributed by atoms with Crippen LogP contribution in [0.4, 0.5) is 0 Å². The van der Waals surface area contributed by atoms with Crippen molar-refractivity contribution in [3.8, 4) is 0 Å². The van der Waals surface area contributed by atoms with E-state index in [1.54, 1.807) is 0 Å². The normalized spacial score (nSPS) is 53.8. The minimum Gasteiger partial charge on any atom is -0.481 e. The number of carbonyl (C=O) groups is 1. The van der Waals surface area contributed by atoms with E-state index in [9.17, 15) is 20.1 Å². The van der Waals surface area contributed by atoms with Crippen LogP contribution in [0, 0.1) is 35.0 Å². The lowest BCUT2D eigenvalue weighted by Crippen LogP contribution is -2.54. The molecule has 0 aliphatic heterocycles. The lowest BCUT2D eigenvalue weighted by atomic mass is 9.49. The smallest absolute Gasteiger partial charge is 0.306 e. The van der Waals surface area contributed by atoms with Gasteiger partial charge in [-0.15, -0.1) is 0 Å². The molecule has 8 atom stereocenters. The molecule has 0 unspecified atom stereocenters. The van der Waals surface area contributed by atoms with Crippen molar-refractivity contribution >= 4 is 5.97 Å². The molecule has 0 bridgehead atoms. The van der Waals surface area contributed by atoms with Crippen LogP contribution in [0.25, 0.3) is 0 Å². The van der Waals surface area contributed by atoms with Crippen molar-refractivity contribution in [2.45, 2.75) is 82.8 Å². The Morgan fingerprint density at radius 3 is 2.50 bits per heavy atom. The van der Waals surface area contributed by atoms with Gasteiger partial charge in [0, 0.05) is 0 Å². The van der Waals surface area contributed by atoms with Crippen LogP contribution in [0.15, 0.2) is 0 Å². The molecule has 0 amide bonds. The maximum absolute atomic E-state index is 11.3. The number of fused-ring (bicyclic) bond motifs is 5. The number of aliphatic hydroxyl groups excluding tert-OH is 1. The second kappa shape index (κ2) is 5.70. The summed E-state index contributed by atoms with van der Waals surface area (Å²) in [7, 11) is 0. The number of carboxylic acids is 1. The van der Waals surface area contributed by atoms with E-state index in [4.69, 9.17) is 0 Å². The molecule has 4 saturated carbocycles. The zero-order valence-electron chi connectivity index (χ0n) is 14.8. The molecule has 4 heteroatoms. The van der Waals surface area contributed by atoms with Gasteiger partial charge in [0.2, 0.25) is 0 Å². The van der Waals surface area contributed by atoms with E-state index in [0.29, 0.717) is 24.2 Å². The average molecular weight is 336 g/mol. The molecule has 0 radical (unpaired) electrons. The fourth-order valence-corrected chi connectivity index (χ4v) is 7.48. The van der Waals surface area contributed by atoms with Crippen LogP contribution in [0.1, 0.15) is 71.1 Å². The number of hydrogen-bond donors (Lipinski definition) is 3. The number of aliphatic hydroxyl groups is 2. The van der Waals surface area contributed by atoms with Crippen LogP contribution in [-0.4, -0.2) is 33.0 Å². The second-order valence-electron chi connectivity index (χ2n) is 9.50. The highest BCUT2D eigenvalue weighted by molar-refractivity contribution is 5.68. The molecule has 4 aliphatic rings. The highest BCUT2D eigenvalue weighted by atomic mass is 16.4. The zero-order valence-corrected chi connectivity index (χ0v) is 14.8. The fraction of sp³-hybridized carbons (Fsp3) is 0.950. The lowest BCUT2D eigenvalue weighted by Gasteiger charge is -2.57. The molecule has 4 nitrogen and oxygen atoms in total. The van der Waals surface area contributed by atoms with E-state index in [-0.39, 0.29) is 17.9 Å². The molecule has 3 N–H and O–H groups in total. The highest BCUT2D eigenvalue weighted by Crippen LogP contribution is 2.65. The van der Waals surface area contributed by atoms with Gasteiger partial charge in [-0.2, -0.15) is 0 Å². The first kappa shape index (κ1) is 16.8. The first-order chi connectivity index (χ1) is 11.3. The second-order valence-corrected chi connectivity index (χ2v) is 9.50. The van der Waals surface area contributed by atoms with E-state index in [2.05, 4.69) is 6.92 Å². The van der Waals surface area contributed by atoms with Gasteiger partial charge < -0.3 is 15.3 Å². The summed E-state index contributed by atoms with van der Waals surface area (Å²) in [5.74, 6) is 2.45. The third-order valence-corrected chi connectivity index (χ3v) is 8.69. The largest absolute Gasteiger partial charge is 0.481 e. The Bertz CT molecular complexity index is 520. The van der Waals surface area contributed by atoms with Gasteiger partial charge in [0.25, 0.3) is 0 Å². The Morgan fingerprint density at radius 2 is 1.75 bits per heavy atom. The van der Waals surface area contributed by atoms with E-state index < -0.39 is 11.6 Å². The molecule has 24 heavy (non-hydrogen) atoms. The van der Waals surface area contributed by atoms with Gasteiger partial charge in [0.15, 0.2) is 0 Å². The van der Waals surface area contributed by atoms with Gasteiger partial charge in [0.05, 0.1) is 18.1 Å². The molecule has 136 valence electrons. The minimum atomic E-state index is -1.02. The summed E-state index contributed by atoms with van der Waals surface area (Å²) in [6.07, 6.45) is 9.07. The van der Waals surface area contributed by atoms with Crippen molar-refractivity contribution in [2.75, 3.05) is 0 Å². The third kappa shape index (κ3) is 2.36. The predicted octanol–water partition coefficient (Wildman–Crippen LogP) is 3.21. The summed E-state index contributed by atoms with van der Waals surface area (Å²) in [6, 6.07) is 0. The first-order valence-electron chi connectivity index (χ1n) is 9.96. The summed E-state index contributed by atoms with van der Waals surface area (Å²) in [5.41, 5.74) is -1.25. The molecule has 0 aromatic rings. The Hall–Kier alpha value is -0.610. The maximum Gasteiger partial charge on any atom is 0.306 e. The molecule has 4 rings (SSSR count). The SMILES string of the molecule is C[C@]12CC[C@H]3[C@@H](CC[C@H]4C[C@H](O)CC[C@@H]43)[C@@H]1CC[C@@]2(O)CC(=O)O. The van der Waals surface area contributed by atoms with Gasteiger partial charge in [-0.05, 0) is 92.8 Å². The van der Waals surface area contributed by atoms with Crippen LogP contribution >= 0.6 is 0 Å². The van der Waals surface area contributed by atoms with Crippen molar-refractivity contribution in [3.63, 3.8) is 0 Å². The van der Waals surface area contributed by atoms with Crippen molar-refractivity contribution in [1.82, 2.24) is 0 Å². The summed E-state index contributed by atoms with van der Waals surface area (Å²) in [4.78, 5) is 11.3. The quantitative estimate of drug-likeness (QED) is 0.723. The molecule has 0 heterocycles. The van der Waals surface area contributed by atoms with Gasteiger partial charge >= 0.3 is 5.97 Å². The number of hydrogen-bond acceptors (Lipinski definition) is 3. The predicted molar refractivity (Wildman–Crippen MR) is 90.3 cm³/mol. The monoisotopic (exact) mass is 336 g/mol. The van der Waals surface area contributed by atoms with Crippen molar-refractivity contribution in [2.24, 2.45) is 35.0 Å². The zero-order chi connectivity index (χ0) is 17.1.